The largest absolute Gasteiger partial charge is 0.355 e. The van der Waals surface area contributed by atoms with E-state index in [-0.39, 0.29) is 5.69 Å². The van der Waals surface area contributed by atoms with Crippen molar-refractivity contribution in [1.82, 2.24) is 0 Å². The second-order valence-corrected chi connectivity index (χ2v) is 5.16. The second-order valence-electron chi connectivity index (χ2n) is 3.56. The van der Waals surface area contributed by atoms with Crippen LogP contribution in [0.2, 0.25) is 5.02 Å². The van der Waals surface area contributed by atoms with Crippen molar-refractivity contribution in [3.8, 4) is 0 Å². The molecule has 18 heavy (non-hydrogen) atoms. The summed E-state index contributed by atoms with van der Waals surface area (Å²) < 4.78 is 0.588. The van der Waals surface area contributed by atoms with Crippen molar-refractivity contribution in [2.24, 2.45) is 0 Å². The number of benzene rings is 2. The van der Waals surface area contributed by atoms with Gasteiger partial charge in [0.1, 0.15) is 0 Å². The zero-order valence-corrected chi connectivity index (χ0v) is 12.0. The van der Waals surface area contributed by atoms with Gasteiger partial charge in [0.05, 0.1) is 8.49 Å². The van der Waals surface area contributed by atoms with Gasteiger partial charge in [0.25, 0.3) is 5.69 Å². The molecule has 0 aromatic heterocycles. The fraction of sp³-hybridized carbons (Fsp3) is 0. The molecule has 0 saturated heterocycles. The van der Waals surface area contributed by atoms with Crippen LogP contribution in [0.3, 0.4) is 0 Å². The molecule has 6 heteroatoms. The van der Waals surface area contributed by atoms with Crippen LogP contribution >= 0.6 is 34.2 Å². The first-order valence-corrected chi connectivity index (χ1v) is 6.48. The molecule has 0 spiro atoms. The Kier molecular flexibility index (Phi) is 4.03. The lowest BCUT2D eigenvalue weighted by molar-refractivity contribution is -0.385. The first-order valence-electron chi connectivity index (χ1n) is 5.03. The number of hydrogen-bond acceptors (Lipinski definition) is 3. The number of rotatable bonds is 3. The van der Waals surface area contributed by atoms with Crippen LogP contribution in [0.5, 0.6) is 0 Å². The van der Waals surface area contributed by atoms with Crippen LogP contribution in [0.15, 0.2) is 42.5 Å². The average molecular weight is 375 g/mol. The summed E-state index contributed by atoms with van der Waals surface area (Å²) in [6, 6.07) is 12.2. The lowest BCUT2D eigenvalue weighted by atomic mass is 10.2. The van der Waals surface area contributed by atoms with Gasteiger partial charge >= 0.3 is 0 Å². The highest BCUT2D eigenvalue weighted by molar-refractivity contribution is 14.1. The third kappa shape index (κ3) is 3.11. The normalized spacial score (nSPS) is 10.1. The fourth-order valence-corrected chi connectivity index (χ4v) is 2.37. The molecule has 0 aliphatic rings. The predicted molar refractivity (Wildman–Crippen MR) is 80.5 cm³/mol. The van der Waals surface area contributed by atoms with Crippen molar-refractivity contribution in [3.05, 3.63) is 61.2 Å². The van der Waals surface area contributed by atoms with Gasteiger partial charge < -0.3 is 5.32 Å². The molecule has 0 heterocycles. The Morgan fingerprint density at radius 2 is 1.89 bits per heavy atom. The monoisotopic (exact) mass is 374 g/mol. The lowest BCUT2D eigenvalue weighted by Crippen LogP contribution is -1.94. The molecule has 2 aromatic rings. The highest BCUT2D eigenvalue weighted by Gasteiger charge is 2.11. The Hall–Kier alpha value is -1.34. The molecular formula is C12H8ClIN2O2. The summed E-state index contributed by atoms with van der Waals surface area (Å²) in [5, 5.41) is 14.5. The molecule has 1 N–H and O–H groups in total. The third-order valence-corrected chi connectivity index (χ3v) is 3.36. The lowest BCUT2D eigenvalue weighted by Gasteiger charge is -2.07. The van der Waals surface area contributed by atoms with E-state index in [1.807, 2.05) is 34.7 Å². The highest BCUT2D eigenvalue weighted by atomic mass is 127. The van der Waals surface area contributed by atoms with Crippen molar-refractivity contribution in [2.75, 3.05) is 5.32 Å². The maximum absolute atomic E-state index is 10.7. The van der Waals surface area contributed by atoms with E-state index in [1.165, 1.54) is 6.07 Å². The van der Waals surface area contributed by atoms with E-state index in [9.17, 15) is 10.1 Å². The van der Waals surface area contributed by atoms with Crippen LogP contribution in [0.25, 0.3) is 0 Å². The molecular weight excluding hydrogens is 367 g/mol. The number of hydrogen-bond donors (Lipinski definition) is 1. The standard InChI is InChI=1S/C12H8ClIN2O2/c13-8-2-1-3-9(6-8)15-10-4-5-12(16(17)18)11(14)7-10/h1-7,15H. The van der Waals surface area contributed by atoms with Gasteiger partial charge in [-0.25, -0.2) is 0 Å². The number of nitro benzene ring substituents is 1. The Balaban J connectivity index is 2.25. The number of nitro groups is 1. The van der Waals surface area contributed by atoms with Crippen LogP contribution in [0, 0.1) is 13.7 Å². The van der Waals surface area contributed by atoms with Crippen molar-refractivity contribution >= 4 is 51.3 Å². The number of halogens is 2. The maximum atomic E-state index is 10.7. The van der Waals surface area contributed by atoms with Gasteiger partial charge in [0.2, 0.25) is 0 Å². The van der Waals surface area contributed by atoms with Crippen LogP contribution in [0.1, 0.15) is 0 Å². The molecule has 0 radical (unpaired) electrons. The molecule has 92 valence electrons. The molecule has 2 aromatic carbocycles. The van der Waals surface area contributed by atoms with E-state index < -0.39 is 4.92 Å². The molecule has 0 aliphatic heterocycles. The second kappa shape index (κ2) is 5.53. The Morgan fingerprint density at radius 3 is 2.50 bits per heavy atom. The molecule has 0 aliphatic carbocycles. The fourth-order valence-electron chi connectivity index (χ4n) is 1.47. The number of anilines is 2. The maximum Gasteiger partial charge on any atom is 0.282 e. The number of nitrogens with one attached hydrogen (secondary N) is 1. The number of nitrogens with zero attached hydrogens (tertiary/aromatic N) is 1. The van der Waals surface area contributed by atoms with Gasteiger partial charge in [-0.1, -0.05) is 17.7 Å². The van der Waals surface area contributed by atoms with Gasteiger partial charge in [-0.05, 0) is 52.9 Å². The van der Waals surface area contributed by atoms with Gasteiger partial charge in [-0.15, -0.1) is 0 Å². The van der Waals surface area contributed by atoms with E-state index in [1.54, 1.807) is 24.3 Å². The van der Waals surface area contributed by atoms with Gasteiger partial charge in [-0.2, -0.15) is 0 Å². The Bertz CT molecular complexity index is 604. The summed E-state index contributed by atoms with van der Waals surface area (Å²) >= 11 is 7.82. The van der Waals surface area contributed by atoms with Gasteiger partial charge in [0, 0.05) is 22.5 Å². The van der Waals surface area contributed by atoms with Crippen LogP contribution in [-0.4, -0.2) is 4.92 Å². The minimum atomic E-state index is -0.398. The van der Waals surface area contributed by atoms with Gasteiger partial charge in [0.15, 0.2) is 0 Å². The first kappa shape index (κ1) is 13.1. The molecule has 0 saturated carbocycles. The molecule has 0 atom stereocenters. The van der Waals surface area contributed by atoms with Crippen molar-refractivity contribution in [1.29, 1.82) is 0 Å². The van der Waals surface area contributed by atoms with Crippen molar-refractivity contribution in [2.45, 2.75) is 0 Å². The summed E-state index contributed by atoms with van der Waals surface area (Å²) in [5.74, 6) is 0. The summed E-state index contributed by atoms with van der Waals surface area (Å²) in [4.78, 5) is 10.3. The van der Waals surface area contributed by atoms with Crippen molar-refractivity contribution < 1.29 is 4.92 Å². The zero-order valence-electron chi connectivity index (χ0n) is 9.06. The SMILES string of the molecule is O=[N+]([O-])c1ccc(Nc2cccc(Cl)c2)cc1I. The smallest absolute Gasteiger partial charge is 0.282 e. The van der Waals surface area contributed by atoms with E-state index in [0.29, 0.717) is 8.59 Å². The van der Waals surface area contributed by atoms with E-state index in [2.05, 4.69) is 5.32 Å². The molecule has 2 rings (SSSR count). The topological polar surface area (TPSA) is 55.2 Å². The highest BCUT2D eigenvalue weighted by Crippen LogP contribution is 2.26. The van der Waals surface area contributed by atoms with E-state index in [4.69, 9.17) is 11.6 Å². The first-order chi connectivity index (χ1) is 8.56. The molecule has 0 bridgehead atoms. The van der Waals surface area contributed by atoms with Crippen LogP contribution in [0.4, 0.5) is 17.1 Å². The molecule has 0 fully saturated rings. The van der Waals surface area contributed by atoms with Crippen LogP contribution < -0.4 is 5.32 Å². The van der Waals surface area contributed by atoms with Crippen molar-refractivity contribution in [3.63, 3.8) is 0 Å². The average Bonchev–Trinajstić information content (AvgIpc) is 2.28. The molecule has 0 amide bonds. The Morgan fingerprint density at radius 1 is 1.17 bits per heavy atom. The summed E-state index contributed by atoms with van der Waals surface area (Å²) in [7, 11) is 0. The molecule has 4 nitrogen and oxygen atoms in total. The minimum absolute atomic E-state index is 0.104. The minimum Gasteiger partial charge on any atom is -0.355 e. The molecule has 0 unspecified atom stereocenters. The summed E-state index contributed by atoms with van der Waals surface area (Å²) in [6.45, 7) is 0. The van der Waals surface area contributed by atoms with Gasteiger partial charge in [-0.3, -0.25) is 10.1 Å². The zero-order chi connectivity index (χ0) is 13.1. The quantitative estimate of drug-likeness (QED) is 0.485. The third-order valence-electron chi connectivity index (χ3n) is 2.26. The summed E-state index contributed by atoms with van der Waals surface area (Å²) in [5.41, 5.74) is 1.73. The van der Waals surface area contributed by atoms with Crippen LogP contribution in [-0.2, 0) is 0 Å². The van der Waals surface area contributed by atoms with E-state index >= 15 is 0 Å². The van der Waals surface area contributed by atoms with E-state index in [0.717, 1.165) is 11.4 Å². The Labute approximate surface area is 122 Å². The predicted octanol–water partition coefficient (Wildman–Crippen LogP) is 4.60. The summed E-state index contributed by atoms with van der Waals surface area (Å²) in [6.07, 6.45) is 0.